The molecule has 1 aromatic heterocycles. The molecular weight excluding hydrogens is 288 g/mol. The lowest BCUT2D eigenvalue weighted by Crippen LogP contribution is -2.59. The quantitative estimate of drug-likeness (QED) is 0.886. The van der Waals surface area contributed by atoms with Crippen LogP contribution in [0.4, 0.5) is 0 Å². The Labute approximate surface area is 132 Å². The SMILES string of the molecule is CC(C)C1CN(CCc2ccc(Cl)s2)C(C(C)C)CN1. The van der Waals surface area contributed by atoms with Crippen LogP contribution >= 0.6 is 22.9 Å². The molecule has 1 aromatic rings. The number of hydrogen-bond donors (Lipinski definition) is 1. The highest BCUT2D eigenvalue weighted by Crippen LogP contribution is 2.23. The van der Waals surface area contributed by atoms with Crippen molar-refractivity contribution in [3.05, 3.63) is 21.3 Å². The lowest BCUT2D eigenvalue weighted by molar-refractivity contribution is 0.0866. The highest BCUT2D eigenvalue weighted by atomic mass is 35.5. The van der Waals surface area contributed by atoms with E-state index >= 15 is 0 Å². The molecular formula is C16H27ClN2S. The van der Waals surface area contributed by atoms with Crippen LogP contribution < -0.4 is 5.32 Å². The number of piperazine rings is 1. The molecule has 2 heterocycles. The van der Waals surface area contributed by atoms with E-state index < -0.39 is 0 Å². The fourth-order valence-electron chi connectivity index (χ4n) is 2.95. The van der Waals surface area contributed by atoms with Crippen molar-refractivity contribution in [3.8, 4) is 0 Å². The van der Waals surface area contributed by atoms with Gasteiger partial charge in [-0.25, -0.2) is 0 Å². The van der Waals surface area contributed by atoms with Crippen molar-refractivity contribution in [3.63, 3.8) is 0 Å². The first-order valence-corrected chi connectivity index (χ1v) is 8.88. The normalized spacial score (nSPS) is 24.8. The summed E-state index contributed by atoms with van der Waals surface area (Å²) in [7, 11) is 0. The Balaban J connectivity index is 1.96. The Morgan fingerprint density at radius 3 is 2.60 bits per heavy atom. The molecule has 1 fully saturated rings. The van der Waals surface area contributed by atoms with E-state index in [2.05, 4.69) is 44.0 Å². The van der Waals surface area contributed by atoms with Gasteiger partial charge in [-0.2, -0.15) is 0 Å². The van der Waals surface area contributed by atoms with E-state index in [-0.39, 0.29) is 0 Å². The molecule has 1 saturated heterocycles. The Morgan fingerprint density at radius 1 is 1.30 bits per heavy atom. The van der Waals surface area contributed by atoms with Gasteiger partial charge in [-0.3, -0.25) is 4.90 Å². The van der Waals surface area contributed by atoms with Gasteiger partial charge in [0.2, 0.25) is 0 Å². The first-order valence-electron chi connectivity index (χ1n) is 7.69. The number of hydrogen-bond acceptors (Lipinski definition) is 3. The summed E-state index contributed by atoms with van der Waals surface area (Å²) in [4.78, 5) is 4.08. The van der Waals surface area contributed by atoms with Gasteiger partial charge in [0.05, 0.1) is 4.34 Å². The second-order valence-corrected chi connectivity index (χ2v) is 8.32. The van der Waals surface area contributed by atoms with Gasteiger partial charge in [0.15, 0.2) is 0 Å². The third-order valence-corrected chi connectivity index (χ3v) is 5.63. The second-order valence-electron chi connectivity index (χ2n) is 6.52. The first-order chi connectivity index (χ1) is 9.47. The average Bonchev–Trinajstić information content (AvgIpc) is 2.81. The molecule has 2 nitrogen and oxygen atoms in total. The molecule has 0 amide bonds. The van der Waals surface area contributed by atoms with Crippen molar-refractivity contribution in [2.75, 3.05) is 19.6 Å². The number of halogens is 1. The van der Waals surface area contributed by atoms with Crippen LogP contribution in [0.1, 0.15) is 32.6 Å². The highest BCUT2D eigenvalue weighted by Gasteiger charge is 2.30. The van der Waals surface area contributed by atoms with Gasteiger partial charge in [-0.1, -0.05) is 39.3 Å². The minimum Gasteiger partial charge on any atom is -0.311 e. The van der Waals surface area contributed by atoms with E-state index in [4.69, 9.17) is 11.6 Å². The summed E-state index contributed by atoms with van der Waals surface area (Å²) in [6, 6.07) is 5.45. The molecule has 0 aliphatic carbocycles. The van der Waals surface area contributed by atoms with Crippen molar-refractivity contribution in [1.29, 1.82) is 0 Å². The molecule has 1 aliphatic heterocycles. The zero-order valence-corrected chi connectivity index (χ0v) is 14.6. The van der Waals surface area contributed by atoms with Gasteiger partial charge in [0, 0.05) is 36.6 Å². The zero-order valence-electron chi connectivity index (χ0n) is 13.0. The summed E-state index contributed by atoms with van der Waals surface area (Å²) in [5, 5.41) is 3.72. The summed E-state index contributed by atoms with van der Waals surface area (Å²) >= 11 is 7.74. The predicted octanol–water partition coefficient (Wildman–Crippen LogP) is 3.90. The van der Waals surface area contributed by atoms with Crippen molar-refractivity contribution < 1.29 is 0 Å². The summed E-state index contributed by atoms with van der Waals surface area (Å²) in [5.41, 5.74) is 0. The van der Waals surface area contributed by atoms with E-state index in [1.807, 2.05) is 6.07 Å². The van der Waals surface area contributed by atoms with Crippen LogP contribution in [0.3, 0.4) is 0 Å². The molecule has 2 unspecified atom stereocenters. The zero-order chi connectivity index (χ0) is 14.7. The van der Waals surface area contributed by atoms with Gasteiger partial charge < -0.3 is 5.32 Å². The van der Waals surface area contributed by atoms with Gasteiger partial charge in [0.25, 0.3) is 0 Å². The average molecular weight is 315 g/mol. The van der Waals surface area contributed by atoms with Crippen molar-refractivity contribution in [2.24, 2.45) is 11.8 Å². The lowest BCUT2D eigenvalue weighted by atomic mass is 9.94. The second kappa shape index (κ2) is 7.26. The van der Waals surface area contributed by atoms with Crippen LogP contribution in [0.5, 0.6) is 0 Å². The molecule has 114 valence electrons. The van der Waals surface area contributed by atoms with Crippen LogP contribution in [0.25, 0.3) is 0 Å². The standard InChI is InChI=1S/C16H27ClN2S/c1-11(2)14-10-19(15(9-18-14)12(3)4)8-7-13-5-6-16(17)20-13/h5-6,11-12,14-15,18H,7-10H2,1-4H3. The van der Waals surface area contributed by atoms with E-state index in [0.29, 0.717) is 23.9 Å². The molecule has 2 rings (SSSR count). The number of nitrogens with one attached hydrogen (secondary N) is 1. The lowest BCUT2D eigenvalue weighted by Gasteiger charge is -2.43. The predicted molar refractivity (Wildman–Crippen MR) is 89.9 cm³/mol. The molecule has 4 heteroatoms. The van der Waals surface area contributed by atoms with Crippen molar-refractivity contribution in [1.82, 2.24) is 10.2 Å². The maximum absolute atomic E-state index is 6.02. The summed E-state index contributed by atoms with van der Waals surface area (Å²) in [6.45, 7) is 12.7. The van der Waals surface area contributed by atoms with Gasteiger partial charge >= 0.3 is 0 Å². The number of thiophene rings is 1. The fourth-order valence-corrected chi connectivity index (χ4v) is 4.03. The molecule has 1 aliphatic rings. The van der Waals surface area contributed by atoms with Gasteiger partial charge in [-0.15, -0.1) is 11.3 Å². The highest BCUT2D eigenvalue weighted by molar-refractivity contribution is 7.16. The van der Waals surface area contributed by atoms with Gasteiger partial charge in [0.1, 0.15) is 0 Å². The molecule has 1 N–H and O–H groups in total. The van der Waals surface area contributed by atoms with Crippen LogP contribution in [0.2, 0.25) is 4.34 Å². The van der Waals surface area contributed by atoms with Crippen LogP contribution in [-0.2, 0) is 6.42 Å². The van der Waals surface area contributed by atoms with Gasteiger partial charge in [-0.05, 0) is 30.4 Å². The van der Waals surface area contributed by atoms with Crippen LogP contribution in [0.15, 0.2) is 12.1 Å². The Hall–Kier alpha value is -0.0900. The van der Waals surface area contributed by atoms with Crippen LogP contribution in [-0.4, -0.2) is 36.6 Å². The Kier molecular flexibility index (Phi) is 5.91. The summed E-state index contributed by atoms with van der Waals surface area (Å²) < 4.78 is 0.903. The molecule has 2 atom stereocenters. The Morgan fingerprint density at radius 2 is 2.05 bits per heavy atom. The molecule has 0 aromatic carbocycles. The third-order valence-electron chi connectivity index (χ3n) is 4.34. The molecule has 0 radical (unpaired) electrons. The Bertz CT molecular complexity index is 416. The summed E-state index contributed by atoms with van der Waals surface area (Å²) in [6.07, 6.45) is 1.12. The monoisotopic (exact) mass is 314 g/mol. The van der Waals surface area contributed by atoms with Crippen molar-refractivity contribution >= 4 is 22.9 Å². The largest absolute Gasteiger partial charge is 0.311 e. The fraction of sp³-hybridized carbons (Fsp3) is 0.750. The molecule has 20 heavy (non-hydrogen) atoms. The maximum atomic E-state index is 6.02. The minimum atomic E-state index is 0.622. The first kappa shape index (κ1) is 16.3. The molecule has 0 bridgehead atoms. The van der Waals surface area contributed by atoms with E-state index in [1.54, 1.807) is 11.3 Å². The van der Waals surface area contributed by atoms with Crippen LogP contribution in [0, 0.1) is 11.8 Å². The smallest absolute Gasteiger partial charge is 0.0931 e. The third kappa shape index (κ3) is 4.20. The number of rotatable bonds is 5. The van der Waals surface area contributed by atoms with E-state index in [1.165, 1.54) is 11.4 Å². The van der Waals surface area contributed by atoms with Crippen molar-refractivity contribution in [2.45, 2.75) is 46.2 Å². The summed E-state index contributed by atoms with van der Waals surface area (Å²) in [5.74, 6) is 1.39. The number of nitrogens with zero attached hydrogens (tertiary/aromatic N) is 1. The van der Waals surface area contributed by atoms with E-state index in [9.17, 15) is 0 Å². The maximum Gasteiger partial charge on any atom is 0.0931 e. The van der Waals surface area contributed by atoms with E-state index in [0.717, 1.165) is 23.8 Å². The molecule has 0 spiro atoms. The molecule has 0 saturated carbocycles. The minimum absolute atomic E-state index is 0.622. The topological polar surface area (TPSA) is 15.3 Å².